The van der Waals surface area contributed by atoms with Crippen LogP contribution >= 0.6 is 11.8 Å². The highest BCUT2D eigenvalue weighted by atomic mass is 32.2. The molecule has 2 aromatic rings. The molecule has 2 heterocycles. The van der Waals surface area contributed by atoms with E-state index in [9.17, 15) is 13.2 Å². The molecule has 8 heteroatoms. The van der Waals surface area contributed by atoms with Crippen LogP contribution in [0.15, 0.2) is 46.5 Å². The van der Waals surface area contributed by atoms with Gasteiger partial charge in [-0.05, 0) is 48.6 Å². The second-order valence-corrected chi connectivity index (χ2v) is 9.83. The van der Waals surface area contributed by atoms with E-state index in [-0.39, 0.29) is 16.4 Å². The maximum Gasteiger partial charge on any atom is 0.244 e. The van der Waals surface area contributed by atoms with Crippen LogP contribution in [-0.2, 0) is 27.6 Å². The topological polar surface area (TPSA) is 76.6 Å². The van der Waals surface area contributed by atoms with Crippen LogP contribution in [0.3, 0.4) is 0 Å². The van der Waals surface area contributed by atoms with Gasteiger partial charge in [0.1, 0.15) is 4.90 Å². The Balaban J connectivity index is 1.38. The SMILES string of the molecule is O=C(CSc1ccc(S(=O)(=O)N2CCOCC2)cn1)c1ccc2c(c1)CCC2. The van der Waals surface area contributed by atoms with E-state index in [0.717, 1.165) is 24.8 Å². The number of sulfonamides is 1. The van der Waals surface area contributed by atoms with Gasteiger partial charge in [-0.15, -0.1) is 0 Å². The maximum absolute atomic E-state index is 12.6. The maximum atomic E-state index is 12.6. The van der Waals surface area contributed by atoms with Crippen molar-refractivity contribution in [2.75, 3.05) is 32.1 Å². The lowest BCUT2D eigenvalue weighted by Gasteiger charge is -2.25. The van der Waals surface area contributed by atoms with E-state index in [1.807, 2.05) is 12.1 Å². The van der Waals surface area contributed by atoms with Gasteiger partial charge in [0.25, 0.3) is 0 Å². The second-order valence-electron chi connectivity index (χ2n) is 6.90. The smallest absolute Gasteiger partial charge is 0.244 e. The van der Waals surface area contributed by atoms with Gasteiger partial charge in [-0.3, -0.25) is 4.79 Å². The first-order valence-corrected chi connectivity index (χ1v) is 11.8. The van der Waals surface area contributed by atoms with Crippen molar-refractivity contribution >= 4 is 27.6 Å². The van der Waals surface area contributed by atoms with Crippen molar-refractivity contribution in [3.05, 3.63) is 53.2 Å². The molecule has 1 saturated heterocycles. The molecule has 1 aliphatic heterocycles. The van der Waals surface area contributed by atoms with Crippen LogP contribution in [0.25, 0.3) is 0 Å². The summed E-state index contributed by atoms with van der Waals surface area (Å²) in [4.78, 5) is 16.9. The van der Waals surface area contributed by atoms with Gasteiger partial charge in [-0.1, -0.05) is 23.9 Å². The van der Waals surface area contributed by atoms with E-state index in [2.05, 4.69) is 11.1 Å². The number of ketones is 1. The Morgan fingerprint density at radius 1 is 1.11 bits per heavy atom. The third-order valence-corrected chi connectivity index (χ3v) is 7.91. The fourth-order valence-electron chi connectivity index (χ4n) is 3.51. The highest BCUT2D eigenvalue weighted by Crippen LogP contribution is 2.25. The van der Waals surface area contributed by atoms with E-state index in [4.69, 9.17) is 4.74 Å². The van der Waals surface area contributed by atoms with Gasteiger partial charge in [0.2, 0.25) is 10.0 Å². The van der Waals surface area contributed by atoms with E-state index >= 15 is 0 Å². The Hall–Kier alpha value is -1.74. The first-order chi connectivity index (χ1) is 13.5. The molecule has 0 radical (unpaired) electrons. The standard InChI is InChI=1S/C20H22N2O4S2/c23-19(17-5-4-15-2-1-3-16(15)12-17)14-27-20-7-6-18(13-21-20)28(24,25)22-8-10-26-11-9-22/h4-7,12-13H,1-3,8-11,14H2. The van der Waals surface area contributed by atoms with Crippen molar-refractivity contribution < 1.29 is 17.9 Å². The zero-order chi connectivity index (χ0) is 19.6. The van der Waals surface area contributed by atoms with E-state index in [1.54, 1.807) is 12.1 Å². The minimum Gasteiger partial charge on any atom is -0.379 e. The number of fused-ring (bicyclic) bond motifs is 1. The first kappa shape index (κ1) is 19.6. The number of aromatic nitrogens is 1. The van der Waals surface area contributed by atoms with E-state index < -0.39 is 10.0 Å². The molecule has 1 fully saturated rings. The second kappa shape index (κ2) is 8.32. The van der Waals surface area contributed by atoms with Gasteiger partial charge in [0.05, 0.1) is 24.0 Å². The monoisotopic (exact) mass is 418 g/mol. The summed E-state index contributed by atoms with van der Waals surface area (Å²) in [6.07, 6.45) is 4.67. The largest absolute Gasteiger partial charge is 0.379 e. The number of thioether (sulfide) groups is 1. The number of hydrogen-bond donors (Lipinski definition) is 0. The summed E-state index contributed by atoms with van der Waals surface area (Å²) in [5.74, 6) is 0.341. The Bertz CT molecular complexity index is 968. The molecule has 0 unspecified atom stereocenters. The van der Waals surface area contributed by atoms with Gasteiger partial charge < -0.3 is 4.74 Å². The quantitative estimate of drug-likeness (QED) is 0.530. The number of ether oxygens (including phenoxy) is 1. The molecule has 4 rings (SSSR count). The number of pyridine rings is 1. The number of Topliss-reactive ketones (excluding diaryl/α,β-unsaturated/α-hetero) is 1. The highest BCUT2D eigenvalue weighted by molar-refractivity contribution is 7.99. The van der Waals surface area contributed by atoms with Crippen molar-refractivity contribution in [2.24, 2.45) is 0 Å². The number of morpholine rings is 1. The minimum absolute atomic E-state index is 0.0616. The number of hydrogen-bond acceptors (Lipinski definition) is 6. The summed E-state index contributed by atoms with van der Waals surface area (Å²) in [6, 6.07) is 9.19. The van der Waals surface area contributed by atoms with E-state index in [0.29, 0.717) is 31.3 Å². The molecule has 0 bridgehead atoms. The van der Waals surface area contributed by atoms with Crippen molar-refractivity contribution in [2.45, 2.75) is 29.2 Å². The predicted octanol–water partition coefficient (Wildman–Crippen LogP) is 2.57. The first-order valence-electron chi connectivity index (χ1n) is 9.36. The summed E-state index contributed by atoms with van der Waals surface area (Å²) in [7, 11) is -3.54. The Kier molecular flexibility index (Phi) is 5.82. The minimum atomic E-state index is -3.54. The normalized spacial score (nSPS) is 17.4. The summed E-state index contributed by atoms with van der Waals surface area (Å²) in [5.41, 5.74) is 3.37. The van der Waals surface area contributed by atoms with Crippen molar-refractivity contribution in [3.63, 3.8) is 0 Å². The molecule has 0 spiro atoms. The summed E-state index contributed by atoms with van der Waals surface area (Å²) < 4.78 is 31.8. The fourth-order valence-corrected chi connectivity index (χ4v) is 5.60. The third kappa shape index (κ3) is 4.15. The van der Waals surface area contributed by atoms with Gasteiger partial charge in [0, 0.05) is 24.8 Å². The van der Waals surface area contributed by atoms with Crippen LogP contribution in [0, 0.1) is 0 Å². The summed E-state index contributed by atoms with van der Waals surface area (Å²) in [5, 5.41) is 0.635. The van der Waals surface area contributed by atoms with Gasteiger partial charge in [-0.2, -0.15) is 4.31 Å². The molecule has 0 atom stereocenters. The van der Waals surface area contributed by atoms with Crippen LogP contribution in [-0.4, -0.2) is 55.5 Å². The molecule has 0 amide bonds. The number of benzene rings is 1. The molecular weight excluding hydrogens is 396 g/mol. The fraction of sp³-hybridized carbons (Fsp3) is 0.400. The zero-order valence-electron chi connectivity index (χ0n) is 15.5. The Morgan fingerprint density at radius 3 is 2.64 bits per heavy atom. The van der Waals surface area contributed by atoms with Crippen LogP contribution in [0.2, 0.25) is 0 Å². The van der Waals surface area contributed by atoms with Crippen LogP contribution < -0.4 is 0 Å². The molecule has 2 aliphatic rings. The number of carbonyl (C=O) groups excluding carboxylic acids is 1. The number of aryl methyl sites for hydroxylation is 2. The number of carbonyl (C=O) groups is 1. The van der Waals surface area contributed by atoms with Crippen LogP contribution in [0.4, 0.5) is 0 Å². The highest BCUT2D eigenvalue weighted by Gasteiger charge is 2.26. The zero-order valence-corrected chi connectivity index (χ0v) is 17.1. The molecular formula is C20H22N2O4S2. The predicted molar refractivity (Wildman–Crippen MR) is 107 cm³/mol. The lowest BCUT2D eigenvalue weighted by molar-refractivity contribution is 0.0730. The molecule has 6 nitrogen and oxygen atoms in total. The Morgan fingerprint density at radius 2 is 1.89 bits per heavy atom. The molecule has 0 saturated carbocycles. The third-order valence-electron chi connectivity index (χ3n) is 5.09. The lowest BCUT2D eigenvalue weighted by atomic mass is 10.0. The van der Waals surface area contributed by atoms with Crippen molar-refractivity contribution in [3.8, 4) is 0 Å². The molecule has 0 N–H and O–H groups in total. The lowest BCUT2D eigenvalue weighted by Crippen LogP contribution is -2.40. The van der Waals surface area contributed by atoms with Gasteiger partial charge in [-0.25, -0.2) is 13.4 Å². The van der Waals surface area contributed by atoms with Crippen LogP contribution in [0.1, 0.15) is 27.9 Å². The molecule has 28 heavy (non-hydrogen) atoms. The molecule has 1 aliphatic carbocycles. The number of rotatable bonds is 6. The van der Waals surface area contributed by atoms with Gasteiger partial charge >= 0.3 is 0 Å². The van der Waals surface area contributed by atoms with Crippen LogP contribution in [0.5, 0.6) is 0 Å². The molecule has 148 valence electrons. The molecule has 1 aromatic heterocycles. The van der Waals surface area contributed by atoms with Crippen molar-refractivity contribution in [1.82, 2.24) is 9.29 Å². The van der Waals surface area contributed by atoms with Gasteiger partial charge in [0.15, 0.2) is 5.78 Å². The summed E-state index contributed by atoms with van der Waals surface area (Å²) >= 11 is 1.32. The average molecular weight is 419 g/mol. The number of nitrogens with zero attached hydrogens (tertiary/aromatic N) is 2. The molecule has 1 aromatic carbocycles. The van der Waals surface area contributed by atoms with Crippen molar-refractivity contribution in [1.29, 1.82) is 0 Å². The Labute approximate surface area is 169 Å². The summed E-state index contributed by atoms with van der Waals surface area (Å²) in [6.45, 7) is 1.53. The van der Waals surface area contributed by atoms with E-state index in [1.165, 1.54) is 33.4 Å². The average Bonchev–Trinajstić information content (AvgIpc) is 3.21.